The Balaban J connectivity index is 1.25. The Bertz CT molecular complexity index is 1090. The first-order valence-electron chi connectivity index (χ1n) is 10.2. The molecule has 5 heteroatoms. The summed E-state index contributed by atoms with van der Waals surface area (Å²) in [4.78, 5) is 18.7. The fourth-order valence-corrected chi connectivity index (χ4v) is 4.65. The molecule has 5 nitrogen and oxygen atoms in total. The van der Waals surface area contributed by atoms with E-state index in [0.29, 0.717) is 30.0 Å². The van der Waals surface area contributed by atoms with Crippen LogP contribution in [0.15, 0.2) is 73.1 Å². The molecule has 0 radical (unpaired) electrons. The molecule has 3 atom stereocenters. The number of benzene rings is 2. The lowest BCUT2D eigenvalue weighted by atomic mass is 9.74. The average Bonchev–Trinajstić information content (AvgIpc) is 2.80. The van der Waals surface area contributed by atoms with Gasteiger partial charge in [0, 0.05) is 43.5 Å². The Kier molecular flexibility index (Phi) is 4.78. The van der Waals surface area contributed by atoms with Gasteiger partial charge >= 0.3 is 0 Å². The molecule has 4 heterocycles. The van der Waals surface area contributed by atoms with Crippen molar-refractivity contribution in [3.05, 3.63) is 89.7 Å². The third-order valence-electron chi connectivity index (χ3n) is 6.21. The molecule has 1 unspecified atom stereocenters. The number of aromatic nitrogens is 1. The van der Waals surface area contributed by atoms with Gasteiger partial charge in [0.1, 0.15) is 0 Å². The maximum atomic E-state index is 12.7. The van der Waals surface area contributed by atoms with E-state index in [-0.39, 0.29) is 5.91 Å². The Labute approximate surface area is 176 Å². The van der Waals surface area contributed by atoms with Crippen molar-refractivity contribution >= 4 is 5.91 Å². The van der Waals surface area contributed by atoms with Crippen LogP contribution in [0, 0.1) is 11.3 Å². The lowest BCUT2D eigenvalue weighted by molar-refractivity contribution is -0.135. The first kappa shape index (κ1) is 18.5. The SMILES string of the molecule is N#Cc1cccc(-c2ccc(C3[C@@H]4CN(C(=O)Cc5ccncc5)C[C@H]3N4)cc2)c1. The summed E-state index contributed by atoms with van der Waals surface area (Å²) >= 11 is 0. The minimum Gasteiger partial charge on any atom is -0.339 e. The van der Waals surface area contributed by atoms with E-state index < -0.39 is 0 Å². The van der Waals surface area contributed by atoms with Crippen molar-refractivity contribution in [2.24, 2.45) is 0 Å². The van der Waals surface area contributed by atoms with Crippen LogP contribution in [0.5, 0.6) is 0 Å². The molecule has 6 rings (SSSR count). The van der Waals surface area contributed by atoms with Gasteiger partial charge in [0.2, 0.25) is 5.91 Å². The van der Waals surface area contributed by atoms with Gasteiger partial charge in [-0.25, -0.2) is 0 Å². The van der Waals surface area contributed by atoms with E-state index >= 15 is 0 Å². The number of carbonyl (C=O) groups excluding carboxylic acids is 1. The second kappa shape index (κ2) is 7.74. The van der Waals surface area contributed by atoms with Gasteiger partial charge in [-0.2, -0.15) is 5.26 Å². The normalized spacial score (nSPS) is 22.1. The number of hydrogen-bond acceptors (Lipinski definition) is 4. The van der Waals surface area contributed by atoms with E-state index in [1.807, 2.05) is 41.3 Å². The molecule has 1 amide bonds. The molecule has 2 aromatic carbocycles. The Hall–Kier alpha value is -3.49. The third kappa shape index (κ3) is 3.47. The fraction of sp³-hybridized carbons (Fsp3) is 0.240. The summed E-state index contributed by atoms with van der Waals surface area (Å²) in [6.07, 6.45) is 3.89. The zero-order valence-electron chi connectivity index (χ0n) is 16.5. The van der Waals surface area contributed by atoms with Crippen LogP contribution < -0.4 is 5.32 Å². The van der Waals surface area contributed by atoms with Crippen LogP contribution in [-0.4, -0.2) is 41.0 Å². The standard InChI is InChI=1S/C25H22N4O/c26-14-18-2-1-3-21(12-18)19-4-6-20(7-5-19)25-22-15-29(16-23(25)28-22)24(30)13-17-8-10-27-11-9-17/h1-12,22-23,25,28H,13,15-16H2/t22-,23+,25?. The number of piperazine rings is 1. The van der Waals surface area contributed by atoms with Gasteiger partial charge in [0.05, 0.1) is 18.1 Å². The summed E-state index contributed by atoms with van der Waals surface area (Å²) in [5.74, 6) is 0.623. The molecule has 1 aromatic heterocycles. The van der Waals surface area contributed by atoms with Gasteiger partial charge in [0.15, 0.2) is 0 Å². The lowest BCUT2D eigenvalue weighted by Gasteiger charge is -2.55. The molecule has 1 N–H and O–H groups in total. The van der Waals surface area contributed by atoms with Gasteiger partial charge in [-0.15, -0.1) is 0 Å². The van der Waals surface area contributed by atoms with Gasteiger partial charge in [-0.05, 0) is 46.5 Å². The molecule has 3 saturated heterocycles. The van der Waals surface area contributed by atoms with Crippen LogP contribution in [0.3, 0.4) is 0 Å². The fourth-order valence-electron chi connectivity index (χ4n) is 4.65. The third-order valence-corrected chi connectivity index (χ3v) is 6.21. The van der Waals surface area contributed by atoms with Gasteiger partial charge in [-0.3, -0.25) is 9.78 Å². The van der Waals surface area contributed by atoms with Crippen LogP contribution in [0.25, 0.3) is 11.1 Å². The van der Waals surface area contributed by atoms with Crippen molar-refractivity contribution in [1.29, 1.82) is 5.26 Å². The molecule has 2 bridgehead atoms. The monoisotopic (exact) mass is 394 g/mol. The zero-order valence-corrected chi connectivity index (χ0v) is 16.5. The molecule has 3 aliphatic rings. The summed E-state index contributed by atoms with van der Waals surface area (Å²) in [6.45, 7) is 1.49. The number of rotatable bonds is 4. The van der Waals surface area contributed by atoms with E-state index in [4.69, 9.17) is 5.26 Å². The van der Waals surface area contributed by atoms with E-state index in [2.05, 4.69) is 40.6 Å². The van der Waals surface area contributed by atoms with Crippen molar-refractivity contribution in [3.8, 4) is 17.2 Å². The van der Waals surface area contributed by atoms with Gasteiger partial charge in [0.25, 0.3) is 0 Å². The minimum atomic E-state index is 0.184. The maximum absolute atomic E-state index is 12.7. The second-order valence-electron chi connectivity index (χ2n) is 8.05. The highest BCUT2D eigenvalue weighted by Gasteiger charge is 2.47. The number of hydrogen-bond donors (Lipinski definition) is 1. The van der Waals surface area contributed by atoms with Crippen molar-refractivity contribution in [1.82, 2.24) is 15.2 Å². The predicted octanol–water partition coefficient (Wildman–Crippen LogP) is 3.13. The van der Waals surface area contributed by atoms with Crippen molar-refractivity contribution in [2.45, 2.75) is 24.4 Å². The number of nitrogens with one attached hydrogen (secondary N) is 1. The largest absolute Gasteiger partial charge is 0.339 e. The highest BCUT2D eigenvalue weighted by Crippen LogP contribution is 2.37. The molecule has 30 heavy (non-hydrogen) atoms. The molecule has 0 aliphatic carbocycles. The van der Waals surface area contributed by atoms with E-state index in [0.717, 1.165) is 29.8 Å². The number of nitriles is 1. The molecular formula is C25H22N4O. The number of pyridine rings is 1. The second-order valence-corrected chi connectivity index (χ2v) is 8.05. The number of fused-ring (bicyclic) bond motifs is 2. The van der Waals surface area contributed by atoms with Crippen LogP contribution in [0.4, 0.5) is 0 Å². The smallest absolute Gasteiger partial charge is 0.227 e. The molecule has 148 valence electrons. The maximum Gasteiger partial charge on any atom is 0.227 e. The topological polar surface area (TPSA) is 69.0 Å². The van der Waals surface area contributed by atoms with Crippen molar-refractivity contribution in [3.63, 3.8) is 0 Å². The average molecular weight is 394 g/mol. The van der Waals surface area contributed by atoms with Crippen LogP contribution >= 0.6 is 0 Å². The lowest BCUT2D eigenvalue weighted by Crippen LogP contribution is -2.72. The highest BCUT2D eigenvalue weighted by atomic mass is 16.2. The molecule has 0 spiro atoms. The van der Waals surface area contributed by atoms with E-state index in [9.17, 15) is 4.79 Å². The molecule has 0 saturated carbocycles. The molecule has 3 aliphatic heterocycles. The Morgan fingerprint density at radius 1 is 1.03 bits per heavy atom. The highest BCUT2D eigenvalue weighted by molar-refractivity contribution is 5.79. The van der Waals surface area contributed by atoms with Crippen LogP contribution in [-0.2, 0) is 11.2 Å². The van der Waals surface area contributed by atoms with Crippen molar-refractivity contribution < 1.29 is 4.79 Å². The summed E-state index contributed by atoms with van der Waals surface area (Å²) < 4.78 is 0. The van der Waals surface area contributed by atoms with Crippen molar-refractivity contribution in [2.75, 3.05) is 13.1 Å². The first-order valence-corrected chi connectivity index (χ1v) is 10.2. The number of amides is 1. The number of piperidine rings is 1. The summed E-state index contributed by atoms with van der Waals surface area (Å²) in [5.41, 5.74) is 5.16. The Morgan fingerprint density at radius 2 is 1.77 bits per heavy atom. The summed E-state index contributed by atoms with van der Waals surface area (Å²) in [6, 6.07) is 22.9. The Morgan fingerprint density at radius 3 is 2.47 bits per heavy atom. The zero-order chi connectivity index (χ0) is 20.5. The van der Waals surface area contributed by atoms with E-state index in [1.165, 1.54) is 5.56 Å². The quantitative estimate of drug-likeness (QED) is 0.738. The predicted molar refractivity (Wildman–Crippen MR) is 115 cm³/mol. The summed E-state index contributed by atoms with van der Waals surface area (Å²) in [5, 5.41) is 12.7. The van der Waals surface area contributed by atoms with Crippen LogP contribution in [0.2, 0.25) is 0 Å². The number of nitrogens with zero attached hydrogens (tertiary/aromatic N) is 3. The minimum absolute atomic E-state index is 0.184. The molecular weight excluding hydrogens is 372 g/mol. The van der Waals surface area contributed by atoms with Crippen LogP contribution in [0.1, 0.15) is 22.6 Å². The van der Waals surface area contributed by atoms with Gasteiger partial charge in [-0.1, -0.05) is 36.4 Å². The summed E-state index contributed by atoms with van der Waals surface area (Å²) in [7, 11) is 0. The molecule has 3 aromatic rings. The number of carbonyl (C=O) groups is 1. The van der Waals surface area contributed by atoms with E-state index in [1.54, 1.807) is 12.4 Å². The van der Waals surface area contributed by atoms with Gasteiger partial charge < -0.3 is 10.2 Å². The first-order chi connectivity index (χ1) is 14.7. The molecule has 3 fully saturated rings.